The average Bonchev–Trinajstić information content (AvgIpc) is 2.72. The topological polar surface area (TPSA) is 45.3 Å². The highest BCUT2D eigenvalue weighted by atomic mass is 127. The molecule has 108 valence electrons. The van der Waals surface area contributed by atoms with Crippen LogP contribution in [0.25, 0.3) is 10.9 Å². The molecule has 1 aromatic carbocycles. The maximum atomic E-state index is 11.6. The Morgan fingerprint density at radius 3 is 2.80 bits per heavy atom. The maximum absolute atomic E-state index is 11.6. The van der Waals surface area contributed by atoms with Gasteiger partial charge in [0.15, 0.2) is 0 Å². The number of nitrogens with zero attached hydrogens (tertiary/aromatic N) is 1. The Bertz CT molecular complexity index is 620. The molecule has 0 aliphatic heterocycles. The van der Waals surface area contributed by atoms with E-state index in [4.69, 9.17) is 4.74 Å². The molecule has 0 unspecified atom stereocenters. The molecule has 2 aromatic rings. The summed E-state index contributed by atoms with van der Waals surface area (Å²) in [6, 6.07) is 5.78. The van der Waals surface area contributed by atoms with Crippen molar-refractivity contribution in [3.8, 4) is 5.75 Å². The van der Waals surface area contributed by atoms with Crippen LogP contribution in [-0.2, 0) is 11.2 Å². The Balaban J connectivity index is 2.44. The third kappa shape index (κ3) is 3.32. The predicted octanol–water partition coefficient (Wildman–Crippen LogP) is 3.19. The minimum atomic E-state index is -0.202. The van der Waals surface area contributed by atoms with Crippen LogP contribution in [0.15, 0.2) is 18.2 Å². The minimum absolute atomic E-state index is 0.202. The molecule has 0 fully saturated rings. The molecule has 0 saturated carbocycles. The van der Waals surface area contributed by atoms with Gasteiger partial charge in [0, 0.05) is 18.4 Å². The van der Waals surface area contributed by atoms with E-state index in [9.17, 15) is 4.79 Å². The van der Waals surface area contributed by atoms with Crippen LogP contribution in [0.3, 0.4) is 0 Å². The highest BCUT2D eigenvalue weighted by Gasteiger charge is 2.15. The van der Waals surface area contributed by atoms with Gasteiger partial charge in [-0.1, -0.05) is 13.0 Å². The third-order valence-corrected chi connectivity index (χ3v) is 4.08. The van der Waals surface area contributed by atoms with Crippen molar-refractivity contribution in [2.24, 2.45) is 0 Å². The average molecular weight is 386 g/mol. The van der Waals surface area contributed by atoms with Crippen LogP contribution in [0.4, 0.5) is 0 Å². The molecule has 4 nitrogen and oxygen atoms in total. The molecule has 1 aromatic heterocycles. The second kappa shape index (κ2) is 6.58. The third-order valence-electron chi connectivity index (χ3n) is 3.16. The van der Waals surface area contributed by atoms with E-state index in [2.05, 4.69) is 46.6 Å². The van der Waals surface area contributed by atoms with Gasteiger partial charge in [0.05, 0.1) is 9.22 Å². The molecule has 5 heteroatoms. The first-order valence-corrected chi connectivity index (χ1v) is 7.75. The SMILES string of the molecule is CCC(=O)Oc1cccc2[nH]c(I)c(CCN(C)C)c12. The van der Waals surface area contributed by atoms with E-state index < -0.39 is 0 Å². The molecule has 0 aliphatic rings. The van der Waals surface area contributed by atoms with E-state index in [0.29, 0.717) is 12.2 Å². The monoisotopic (exact) mass is 386 g/mol. The first-order chi connectivity index (χ1) is 9.52. The number of hydrogen-bond donors (Lipinski definition) is 1. The van der Waals surface area contributed by atoms with Crippen molar-refractivity contribution < 1.29 is 9.53 Å². The number of benzene rings is 1. The Kier molecular flexibility index (Phi) is 5.04. The van der Waals surface area contributed by atoms with E-state index >= 15 is 0 Å². The number of hydrogen-bond acceptors (Lipinski definition) is 3. The smallest absolute Gasteiger partial charge is 0.310 e. The van der Waals surface area contributed by atoms with Gasteiger partial charge in [0.1, 0.15) is 5.75 Å². The van der Waals surface area contributed by atoms with Crippen LogP contribution < -0.4 is 4.74 Å². The Labute approximate surface area is 132 Å². The predicted molar refractivity (Wildman–Crippen MR) is 89.2 cm³/mol. The van der Waals surface area contributed by atoms with Crippen LogP contribution in [-0.4, -0.2) is 36.5 Å². The number of carbonyl (C=O) groups is 1. The number of H-pyrrole nitrogens is 1. The number of carbonyl (C=O) groups excluding carboxylic acids is 1. The van der Waals surface area contributed by atoms with E-state index in [1.54, 1.807) is 6.92 Å². The zero-order chi connectivity index (χ0) is 14.7. The second-order valence-electron chi connectivity index (χ2n) is 4.98. The van der Waals surface area contributed by atoms with E-state index in [0.717, 1.165) is 27.6 Å². The van der Waals surface area contributed by atoms with Crippen LogP contribution in [0.1, 0.15) is 18.9 Å². The van der Waals surface area contributed by atoms with Gasteiger partial charge < -0.3 is 14.6 Å². The van der Waals surface area contributed by atoms with Gasteiger partial charge in [-0.3, -0.25) is 4.79 Å². The summed E-state index contributed by atoms with van der Waals surface area (Å²) in [7, 11) is 4.11. The molecule has 0 atom stereocenters. The lowest BCUT2D eigenvalue weighted by Gasteiger charge is -2.10. The number of esters is 1. The van der Waals surface area contributed by atoms with Crippen molar-refractivity contribution in [3.63, 3.8) is 0 Å². The van der Waals surface area contributed by atoms with Crippen molar-refractivity contribution >= 4 is 39.5 Å². The summed E-state index contributed by atoms with van der Waals surface area (Å²) in [6.07, 6.45) is 1.30. The number of nitrogens with one attached hydrogen (secondary N) is 1. The second-order valence-corrected chi connectivity index (χ2v) is 6.06. The highest BCUT2D eigenvalue weighted by Crippen LogP contribution is 2.32. The summed E-state index contributed by atoms with van der Waals surface area (Å²) in [6.45, 7) is 2.76. The number of rotatable bonds is 5. The van der Waals surface area contributed by atoms with Gasteiger partial charge in [0.25, 0.3) is 0 Å². The Morgan fingerprint density at radius 2 is 2.15 bits per heavy atom. The molecule has 1 N–H and O–H groups in total. The van der Waals surface area contributed by atoms with Gasteiger partial charge in [-0.15, -0.1) is 0 Å². The molecule has 0 bridgehead atoms. The normalized spacial score (nSPS) is 11.2. The number of ether oxygens (including phenoxy) is 1. The van der Waals surface area contributed by atoms with Crippen molar-refractivity contribution in [1.29, 1.82) is 0 Å². The van der Waals surface area contributed by atoms with Gasteiger partial charge >= 0.3 is 5.97 Å². The van der Waals surface area contributed by atoms with E-state index in [-0.39, 0.29) is 5.97 Å². The fourth-order valence-corrected chi connectivity index (χ4v) is 2.93. The summed E-state index contributed by atoms with van der Waals surface area (Å²) < 4.78 is 6.57. The zero-order valence-electron chi connectivity index (χ0n) is 12.0. The molecule has 0 radical (unpaired) electrons. The van der Waals surface area contributed by atoms with Gasteiger partial charge in [-0.2, -0.15) is 0 Å². The molecule has 0 aliphatic carbocycles. The van der Waals surface area contributed by atoms with E-state index in [1.807, 2.05) is 18.2 Å². The summed E-state index contributed by atoms with van der Waals surface area (Å²) in [5, 5.41) is 1.03. The lowest BCUT2D eigenvalue weighted by Crippen LogP contribution is -2.15. The first kappa shape index (κ1) is 15.3. The van der Waals surface area contributed by atoms with Gasteiger partial charge in [0.2, 0.25) is 0 Å². The number of likely N-dealkylation sites (N-methyl/N-ethyl adjacent to an activating group) is 1. The van der Waals surface area contributed by atoms with E-state index in [1.165, 1.54) is 5.56 Å². The molecule has 20 heavy (non-hydrogen) atoms. The standard InChI is InChI=1S/C15H19IN2O2/c1-4-13(19)20-12-7-5-6-11-14(12)10(15(16)17-11)8-9-18(2)3/h5-7,17H,4,8-9H2,1-3H3. The molecule has 2 rings (SSSR count). The number of aromatic amines is 1. The summed E-state index contributed by atoms with van der Waals surface area (Å²) in [4.78, 5) is 17.1. The molecule has 0 amide bonds. The lowest BCUT2D eigenvalue weighted by molar-refractivity contribution is -0.133. The number of halogens is 1. The lowest BCUT2D eigenvalue weighted by atomic mass is 10.1. The summed E-state index contributed by atoms with van der Waals surface area (Å²) in [5.41, 5.74) is 2.23. The number of fused-ring (bicyclic) bond motifs is 1. The van der Waals surface area contributed by atoms with Crippen molar-refractivity contribution in [2.45, 2.75) is 19.8 Å². The van der Waals surface area contributed by atoms with Crippen molar-refractivity contribution in [2.75, 3.05) is 20.6 Å². The fraction of sp³-hybridized carbons (Fsp3) is 0.400. The minimum Gasteiger partial charge on any atom is -0.426 e. The Morgan fingerprint density at radius 1 is 1.40 bits per heavy atom. The number of aromatic nitrogens is 1. The van der Waals surface area contributed by atoms with Crippen LogP contribution >= 0.6 is 22.6 Å². The summed E-state index contributed by atoms with van der Waals surface area (Å²) in [5.74, 6) is 0.453. The maximum Gasteiger partial charge on any atom is 0.310 e. The van der Waals surface area contributed by atoms with Crippen molar-refractivity contribution in [3.05, 3.63) is 27.5 Å². The Hall–Kier alpha value is -1.08. The zero-order valence-corrected chi connectivity index (χ0v) is 14.2. The largest absolute Gasteiger partial charge is 0.426 e. The first-order valence-electron chi connectivity index (χ1n) is 6.67. The van der Waals surface area contributed by atoms with Crippen molar-refractivity contribution in [1.82, 2.24) is 9.88 Å². The van der Waals surface area contributed by atoms with Gasteiger partial charge in [-0.25, -0.2) is 0 Å². The fourth-order valence-electron chi connectivity index (χ4n) is 2.10. The van der Waals surface area contributed by atoms with Crippen LogP contribution in [0, 0.1) is 3.70 Å². The molecule has 1 heterocycles. The molecular formula is C15H19IN2O2. The van der Waals surface area contributed by atoms with Gasteiger partial charge in [-0.05, 0) is 60.8 Å². The summed E-state index contributed by atoms with van der Waals surface area (Å²) >= 11 is 2.31. The van der Waals surface area contributed by atoms with Crippen LogP contribution in [0.2, 0.25) is 0 Å². The molecule has 0 saturated heterocycles. The molecular weight excluding hydrogens is 367 g/mol. The highest BCUT2D eigenvalue weighted by molar-refractivity contribution is 14.1. The van der Waals surface area contributed by atoms with Crippen LogP contribution in [0.5, 0.6) is 5.75 Å². The molecule has 0 spiro atoms. The quantitative estimate of drug-likeness (QED) is 0.488.